The zero-order valence-corrected chi connectivity index (χ0v) is 13.2. The van der Waals surface area contributed by atoms with Crippen molar-refractivity contribution in [2.24, 2.45) is 0 Å². The lowest BCUT2D eigenvalue weighted by Crippen LogP contribution is -2.24. The van der Waals surface area contributed by atoms with Crippen LogP contribution in [0.1, 0.15) is 16.6 Å². The highest BCUT2D eigenvalue weighted by Crippen LogP contribution is 2.23. The number of ether oxygens (including phenoxy) is 1. The van der Waals surface area contributed by atoms with Crippen molar-refractivity contribution in [3.63, 3.8) is 0 Å². The topological polar surface area (TPSA) is 91.1 Å². The van der Waals surface area contributed by atoms with Crippen LogP contribution < -0.4 is 15.2 Å². The van der Waals surface area contributed by atoms with Crippen LogP contribution in [0.25, 0.3) is 0 Å². The number of methoxy groups -OCH3 is 1. The van der Waals surface area contributed by atoms with Gasteiger partial charge in [-0.15, -0.1) is 11.3 Å². The second-order valence-corrected chi connectivity index (χ2v) is 5.83. The first-order valence-corrected chi connectivity index (χ1v) is 7.80. The summed E-state index contributed by atoms with van der Waals surface area (Å²) in [4.78, 5) is 13.7. The van der Waals surface area contributed by atoms with E-state index in [0.29, 0.717) is 23.7 Å². The smallest absolute Gasteiger partial charge is 0.232 e. The molecule has 2 aromatic heterocycles. The van der Waals surface area contributed by atoms with Crippen molar-refractivity contribution in [1.82, 2.24) is 20.6 Å². The van der Waals surface area contributed by atoms with Gasteiger partial charge in [0.25, 0.3) is 0 Å². The number of nitrogens with one attached hydrogen (secondary N) is 1. The summed E-state index contributed by atoms with van der Waals surface area (Å²) in [6.07, 6.45) is 0.501. The normalized spacial score (nSPS) is 11.9. The SMILES string of the molecule is COc1cccc(NC(=O)[C@@H](Cc2cccs2)c2nnn[n-]2)c1. The third kappa shape index (κ3) is 3.72. The molecule has 1 atom stereocenters. The van der Waals surface area contributed by atoms with E-state index in [9.17, 15) is 4.79 Å². The van der Waals surface area contributed by atoms with Gasteiger partial charge in [0.1, 0.15) is 5.75 Å². The van der Waals surface area contributed by atoms with Gasteiger partial charge in [-0.3, -0.25) is 15.1 Å². The van der Waals surface area contributed by atoms with E-state index < -0.39 is 5.92 Å². The molecule has 0 fully saturated rings. The van der Waals surface area contributed by atoms with Gasteiger partial charge >= 0.3 is 0 Å². The number of rotatable bonds is 6. The van der Waals surface area contributed by atoms with Crippen LogP contribution >= 0.6 is 11.3 Å². The average molecular weight is 328 g/mol. The Balaban J connectivity index is 1.79. The Morgan fingerprint density at radius 1 is 1.39 bits per heavy atom. The van der Waals surface area contributed by atoms with Gasteiger partial charge in [0.2, 0.25) is 5.91 Å². The summed E-state index contributed by atoms with van der Waals surface area (Å²) in [5, 5.41) is 19.5. The molecule has 1 aromatic carbocycles. The molecule has 0 aliphatic heterocycles. The van der Waals surface area contributed by atoms with Crippen LogP contribution in [0.3, 0.4) is 0 Å². The lowest BCUT2D eigenvalue weighted by Gasteiger charge is -2.16. The fraction of sp³-hybridized carbons (Fsp3) is 0.200. The van der Waals surface area contributed by atoms with E-state index in [4.69, 9.17) is 4.74 Å². The van der Waals surface area contributed by atoms with E-state index in [1.807, 2.05) is 29.6 Å². The summed E-state index contributed by atoms with van der Waals surface area (Å²) in [7, 11) is 1.58. The minimum absolute atomic E-state index is 0.207. The molecule has 0 aliphatic rings. The Labute approximate surface area is 136 Å². The fourth-order valence-electron chi connectivity index (χ4n) is 2.15. The molecular weight excluding hydrogens is 314 g/mol. The minimum Gasteiger partial charge on any atom is -0.497 e. The number of tetrazole rings is 1. The van der Waals surface area contributed by atoms with Crippen molar-refractivity contribution < 1.29 is 9.53 Å². The van der Waals surface area contributed by atoms with Crippen LogP contribution in [0, 0.1) is 0 Å². The fourth-order valence-corrected chi connectivity index (χ4v) is 2.90. The van der Waals surface area contributed by atoms with Gasteiger partial charge in [-0.2, -0.15) is 5.21 Å². The number of anilines is 1. The zero-order valence-electron chi connectivity index (χ0n) is 12.3. The van der Waals surface area contributed by atoms with Crippen molar-refractivity contribution >= 4 is 22.9 Å². The van der Waals surface area contributed by atoms with Crippen LogP contribution in [0.4, 0.5) is 5.69 Å². The molecule has 7 nitrogen and oxygen atoms in total. The van der Waals surface area contributed by atoms with Gasteiger partial charge in [-0.05, 0) is 30.0 Å². The summed E-state index contributed by atoms with van der Waals surface area (Å²) in [5.41, 5.74) is 0.651. The number of aromatic nitrogens is 4. The van der Waals surface area contributed by atoms with Gasteiger partial charge in [-0.25, -0.2) is 0 Å². The third-order valence-electron chi connectivity index (χ3n) is 3.29. The molecule has 3 aromatic rings. The van der Waals surface area contributed by atoms with Gasteiger partial charge in [0.15, 0.2) is 0 Å². The number of benzene rings is 1. The summed E-state index contributed by atoms with van der Waals surface area (Å²) >= 11 is 1.58. The van der Waals surface area contributed by atoms with Crippen molar-refractivity contribution in [3.8, 4) is 5.75 Å². The molecular formula is C15H14N5O2S-. The molecule has 0 saturated heterocycles. The van der Waals surface area contributed by atoms with E-state index >= 15 is 0 Å². The maximum absolute atomic E-state index is 12.7. The largest absolute Gasteiger partial charge is 0.497 e. The van der Waals surface area contributed by atoms with E-state index in [2.05, 4.69) is 25.9 Å². The van der Waals surface area contributed by atoms with Gasteiger partial charge in [-0.1, -0.05) is 12.1 Å². The maximum atomic E-state index is 12.7. The monoisotopic (exact) mass is 328 g/mol. The van der Waals surface area contributed by atoms with Crippen molar-refractivity contribution in [2.45, 2.75) is 12.3 Å². The number of thiophene rings is 1. The molecule has 118 valence electrons. The van der Waals surface area contributed by atoms with E-state index in [0.717, 1.165) is 4.88 Å². The molecule has 1 N–H and O–H groups in total. The predicted octanol–water partition coefficient (Wildman–Crippen LogP) is 1.86. The molecule has 8 heteroatoms. The minimum atomic E-state index is -0.546. The highest BCUT2D eigenvalue weighted by Gasteiger charge is 2.21. The Hall–Kier alpha value is -2.74. The number of nitrogens with zero attached hydrogens (tertiary/aromatic N) is 4. The third-order valence-corrected chi connectivity index (χ3v) is 4.18. The van der Waals surface area contributed by atoms with E-state index in [1.54, 1.807) is 30.6 Å². The number of amides is 1. The van der Waals surface area contributed by atoms with E-state index in [-0.39, 0.29) is 5.91 Å². The van der Waals surface area contributed by atoms with Crippen LogP contribution in [-0.4, -0.2) is 28.5 Å². The Morgan fingerprint density at radius 3 is 3.00 bits per heavy atom. The standard InChI is InChI=1S/C15H15N5O2S/c1-22-11-5-2-4-10(8-11)16-15(21)13(14-17-19-20-18-14)9-12-6-3-7-23-12/h2-8,13H,9H2,1H3,(H2,16,17,18,19,20,21)/p-1/t13-/m0/s1. The summed E-state index contributed by atoms with van der Waals surface area (Å²) < 4.78 is 5.16. The average Bonchev–Trinajstić information content (AvgIpc) is 3.26. The first-order chi connectivity index (χ1) is 11.3. The number of hydrogen-bond donors (Lipinski definition) is 1. The number of carbonyl (C=O) groups excluding carboxylic acids is 1. The molecule has 0 aliphatic carbocycles. The Kier molecular flexibility index (Phi) is 4.62. The lowest BCUT2D eigenvalue weighted by molar-refractivity contribution is -0.117. The molecule has 2 heterocycles. The first kappa shape index (κ1) is 15.2. The van der Waals surface area contributed by atoms with Crippen molar-refractivity contribution in [1.29, 1.82) is 0 Å². The lowest BCUT2D eigenvalue weighted by atomic mass is 10.0. The molecule has 0 saturated carbocycles. The molecule has 0 spiro atoms. The number of carbonyl (C=O) groups is 1. The van der Waals surface area contributed by atoms with Crippen LogP contribution in [0.5, 0.6) is 5.75 Å². The van der Waals surface area contributed by atoms with E-state index in [1.165, 1.54) is 0 Å². The molecule has 23 heavy (non-hydrogen) atoms. The summed E-state index contributed by atoms with van der Waals surface area (Å²) in [5.74, 6) is 0.237. The Bertz CT molecular complexity index is 758. The quantitative estimate of drug-likeness (QED) is 0.743. The molecule has 0 unspecified atom stereocenters. The van der Waals surface area contributed by atoms with Gasteiger partial charge in [0, 0.05) is 22.5 Å². The highest BCUT2D eigenvalue weighted by molar-refractivity contribution is 7.09. The zero-order chi connectivity index (χ0) is 16.1. The predicted molar refractivity (Wildman–Crippen MR) is 85.5 cm³/mol. The maximum Gasteiger partial charge on any atom is 0.232 e. The van der Waals surface area contributed by atoms with Gasteiger partial charge in [0.05, 0.1) is 13.0 Å². The molecule has 0 bridgehead atoms. The first-order valence-electron chi connectivity index (χ1n) is 6.92. The highest BCUT2D eigenvalue weighted by atomic mass is 32.1. The molecule has 0 radical (unpaired) electrons. The van der Waals surface area contributed by atoms with Crippen LogP contribution in [0.15, 0.2) is 41.8 Å². The van der Waals surface area contributed by atoms with Crippen molar-refractivity contribution in [3.05, 3.63) is 52.5 Å². The van der Waals surface area contributed by atoms with Crippen LogP contribution in [0.2, 0.25) is 0 Å². The second-order valence-electron chi connectivity index (χ2n) is 4.79. The Morgan fingerprint density at radius 2 is 2.30 bits per heavy atom. The number of hydrogen-bond acceptors (Lipinski definition) is 6. The van der Waals surface area contributed by atoms with Gasteiger partial charge < -0.3 is 15.2 Å². The molecule has 3 rings (SSSR count). The van der Waals surface area contributed by atoms with Crippen molar-refractivity contribution in [2.75, 3.05) is 12.4 Å². The summed E-state index contributed by atoms with van der Waals surface area (Å²) in [6.45, 7) is 0. The van der Waals surface area contributed by atoms with Crippen LogP contribution in [-0.2, 0) is 11.2 Å². The molecule has 1 amide bonds. The summed E-state index contributed by atoms with van der Waals surface area (Å²) in [6, 6.07) is 11.1. The second kappa shape index (κ2) is 7.01.